The van der Waals surface area contributed by atoms with Gasteiger partial charge in [0, 0.05) is 53.3 Å². The molecule has 0 aliphatic carbocycles. The predicted octanol–water partition coefficient (Wildman–Crippen LogP) is 4.54. The van der Waals surface area contributed by atoms with Crippen molar-refractivity contribution < 1.29 is 20.6 Å². The minimum Gasteiger partial charge on any atom is -0.356 e. The van der Waals surface area contributed by atoms with Crippen molar-refractivity contribution in [1.29, 1.82) is 0 Å². The molecule has 2 fully saturated rings. The summed E-state index contributed by atoms with van der Waals surface area (Å²) >= 11 is 0. The number of hydrogen-bond acceptors (Lipinski definition) is 4. The van der Waals surface area contributed by atoms with Crippen LogP contribution in [0, 0.1) is 5.92 Å². The molecule has 1 atom stereocenters. The highest BCUT2D eigenvalue weighted by atomic mass is 16.2. The Morgan fingerprint density at radius 1 is 0.906 bits per heavy atom. The topological polar surface area (TPSA) is 86.8 Å². The quantitative estimate of drug-likeness (QED) is 0.346. The van der Waals surface area contributed by atoms with Crippen LogP contribution in [0.2, 0.25) is 0 Å². The van der Waals surface area contributed by atoms with Crippen LogP contribution in [0.15, 0.2) is 0 Å². The van der Waals surface area contributed by atoms with Crippen LogP contribution in [-0.4, -0.2) is 59.6 Å². The van der Waals surface area contributed by atoms with E-state index in [-0.39, 0.29) is 25.1 Å². The van der Waals surface area contributed by atoms with Gasteiger partial charge in [-0.15, -0.1) is 0 Å². The van der Waals surface area contributed by atoms with Gasteiger partial charge in [0.15, 0.2) is 0 Å². The molecule has 2 saturated heterocycles. The number of unbranched alkanes of at least 4 members (excludes halogenated alkanes) is 4. The fourth-order valence-corrected chi connectivity index (χ4v) is 3.82. The zero-order valence-electron chi connectivity index (χ0n) is 21.2. The lowest BCUT2D eigenvalue weighted by molar-refractivity contribution is -0.138. The number of carbonyl (C=O) groups excluding carboxylic acids is 4. The summed E-state index contributed by atoms with van der Waals surface area (Å²) in [5.74, 6) is 0.810. The molecule has 1 unspecified atom stereocenters. The summed E-state index contributed by atoms with van der Waals surface area (Å²) in [6.45, 7) is 13.1. The maximum atomic E-state index is 12.0. The highest BCUT2D eigenvalue weighted by molar-refractivity contribution is 6.01. The van der Waals surface area contributed by atoms with Gasteiger partial charge in [0.05, 0.1) is 0 Å². The van der Waals surface area contributed by atoms with Crippen LogP contribution in [0.1, 0.15) is 107 Å². The molecule has 0 bridgehead atoms. The van der Waals surface area contributed by atoms with Gasteiger partial charge in [-0.25, -0.2) is 0 Å². The Labute approximate surface area is 197 Å². The van der Waals surface area contributed by atoms with Crippen LogP contribution in [0.3, 0.4) is 0 Å². The number of hydrogen-bond donors (Lipinski definition) is 1. The summed E-state index contributed by atoms with van der Waals surface area (Å²) in [4.78, 5) is 50.2. The number of likely N-dealkylation sites (tertiary alicyclic amines) is 2. The lowest BCUT2D eigenvalue weighted by atomic mass is 10.1. The minimum atomic E-state index is -0.0700. The fraction of sp³-hybridized carbons (Fsp3) is 0.840. The van der Waals surface area contributed by atoms with E-state index in [0.29, 0.717) is 44.7 Å². The van der Waals surface area contributed by atoms with E-state index in [1.165, 1.54) is 4.90 Å². The van der Waals surface area contributed by atoms with Gasteiger partial charge in [-0.05, 0) is 38.0 Å². The van der Waals surface area contributed by atoms with Crippen molar-refractivity contribution in [2.45, 2.75) is 105 Å². The molecule has 2 aliphatic rings. The third-order valence-corrected chi connectivity index (χ3v) is 5.61. The van der Waals surface area contributed by atoms with E-state index in [9.17, 15) is 19.2 Å². The molecule has 0 saturated carbocycles. The van der Waals surface area contributed by atoms with Crippen molar-refractivity contribution >= 4 is 23.6 Å². The van der Waals surface area contributed by atoms with Crippen LogP contribution in [0.25, 0.3) is 0 Å². The molecular weight excluding hydrogens is 406 g/mol. The summed E-state index contributed by atoms with van der Waals surface area (Å²) < 4.78 is 0. The Hall–Kier alpha value is -1.92. The zero-order chi connectivity index (χ0) is 24.4. The maximum Gasteiger partial charge on any atom is 0.229 e. The maximum absolute atomic E-state index is 12.0. The number of imide groups is 1. The van der Waals surface area contributed by atoms with Gasteiger partial charge in [-0.2, -0.15) is 0 Å². The van der Waals surface area contributed by atoms with Gasteiger partial charge in [-0.3, -0.25) is 24.1 Å². The monoisotopic (exact) mass is 455 g/mol. The highest BCUT2D eigenvalue weighted by Crippen LogP contribution is 2.17. The molecule has 1 N–H and O–H groups in total. The largest absolute Gasteiger partial charge is 0.356 e. The molecular formula is C25H49N3O4. The molecule has 32 heavy (non-hydrogen) atoms. The normalized spacial score (nSPS) is 17.5. The summed E-state index contributed by atoms with van der Waals surface area (Å²) in [6, 6.07) is 0. The van der Waals surface area contributed by atoms with Crippen molar-refractivity contribution in [3.8, 4) is 0 Å². The summed E-state index contributed by atoms with van der Waals surface area (Å²) in [5.41, 5.74) is 0. The second-order valence-electron chi connectivity index (χ2n) is 8.14. The molecule has 0 aromatic carbocycles. The first-order chi connectivity index (χ1) is 15.5. The van der Waals surface area contributed by atoms with Crippen molar-refractivity contribution in [2.75, 3.05) is 26.2 Å². The number of amides is 4. The minimum absolute atomic E-state index is 0. The van der Waals surface area contributed by atoms with Gasteiger partial charge in [0.25, 0.3) is 0 Å². The lowest BCUT2D eigenvalue weighted by Crippen LogP contribution is -2.30. The van der Waals surface area contributed by atoms with Crippen LogP contribution in [0.5, 0.6) is 0 Å². The number of nitrogens with one attached hydrogen (secondary N) is 1. The Bertz CT molecular complexity index is 556. The van der Waals surface area contributed by atoms with Gasteiger partial charge in [0.2, 0.25) is 23.6 Å². The smallest absolute Gasteiger partial charge is 0.229 e. The van der Waals surface area contributed by atoms with Crippen LogP contribution in [-0.2, 0) is 19.2 Å². The number of rotatable bonds is 12. The molecule has 0 radical (unpaired) electrons. The predicted molar refractivity (Wildman–Crippen MR) is 131 cm³/mol. The first kappa shape index (κ1) is 30.1. The molecule has 2 aliphatic heterocycles. The molecule has 188 valence electrons. The van der Waals surface area contributed by atoms with Crippen LogP contribution >= 0.6 is 0 Å². The van der Waals surface area contributed by atoms with Gasteiger partial charge in [-0.1, -0.05) is 47.5 Å². The Morgan fingerprint density at radius 3 is 2.09 bits per heavy atom. The fourth-order valence-electron chi connectivity index (χ4n) is 3.82. The Morgan fingerprint density at radius 2 is 1.50 bits per heavy atom. The van der Waals surface area contributed by atoms with E-state index in [1.807, 2.05) is 32.6 Å². The van der Waals surface area contributed by atoms with Gasteiger partial charge in [0.1, 0.15) is 0 Å². The summed E-state index contributed by atoms with van der Waals surface area (Å²) in [6.07, 6.45) is 7.98. The van der Waals surface area contributed by atoms with Crippen molar-refractivity contribution in [3.63, 3.8) is 0 Å². The average molecular weight is 456 g/mol. The van der Waals surface area contributed by atoms with Crippen molar-refractivity contribution in [1.82, 2.24) is 15.1 Å². The van der Waals surface area contributed by atoms with E-state index in [2.05, 4.69) is 12.2 Å². The number of nitrogens with zero attached hydrogens (tertiary/aromatic N) is 2. The van der Waals surface area contributed by atoms with Crippen LogP contribution in [0.4, 0.5) is 0 Å². The molecule has 0 aromatic heterocycles. The van der Waals surface area contributed by atoms with Crippen molar-refractivity contribution in [2.24, 2.45) is 5.92 Å². The number of carbonyl (C=O) groups is 4. The summed E-state index contributed by atoms with van der Waals surface area (Å²) in [7, 11) is 0. The van der Waals surface area contributed by atoms with E-state index >= 15 is 0 Å². The van der Waals surface area contributed by atoms with E-state index in [0.717, 1.165) is 58.0 Å². The third kappa shape index (κ3) is 12.2. The molecule has 2 heterocycles. The molecule has 7 heteroatoms. The second-order valence-corrected chi connectivity index (χ2v) is 8.14. The summed E-state index contributed by atoms with van der Waals surface area (Å²) in [5, 5.41) is 2.92. The molecule has 0 aromatic rings. The van der Waals surface area contributed by atoms with E-state index in [1.54, 1.807) is 0 Å². The first-order valence-electron chi connectivity index (χ1n) is 12.8. The molecule has 7 nitrogen and oxygen atoms in total. The molecule has 2 rings (SSSR count). The van der Waals surface area contributed by atoms with E-state index in [4.69, 9.17) is 0 Å². The SMILES string of the molecule is CC.CC.CC1CCN(C(=O)CCCCCNC(=O)CCCCCN2C(=O)CCC2=O)C1.[HH]. The molecule has 0 spiro atoms. The third-order valence-electron chi connectivity index (χ3n) is 5.61. The van der Waals surface area contributed by atoms with Crippen LogP contribution < -0.4 is 5.32 Å². The second kappa shape index (κ2) is 18.6. The van der Waals surface area contributed by atoms with Gasteiger partial charge >= 0.3 is 0 Å². The van der Waals surface area contributed by atoms with E-state index < -0.39 is 0 Å². The highest BCUT2D eigenvalue weighted by Gasteiger charge is 2.27. The Balaban J connectivity index is 0. The zero-order valence-corrected chi connectivity index (χ0v) is 21.2. The average Bonchev–Trinajstić information content (AvgIpc) is 3.38. The van der Waals surface area contributed by atoms with Crippen molar-refractivity contribution in [3.05, 3.63) is 0 Å². The van der Waals surface area contributed by atoms with Gasteiger partial charge < -0.3 is 10.2 Å². The standard InChI is InChI=1S/C21H35N3O4.2C2H6.H2/c1-17-12-15-23(16-17)19(26)9-5-2-6-13-22-18(25)8-4-3-7-14-24-20(27)10-11-21(24)28;2*1-2;/h17H,2-16H2,1H3,(H,22,25);2*1-2H3;1H. The Kier molecular flexibility index (Phi) is 17.5. The molecule has 4 amide bonds. The first-order valence-corrected chi connectivity index (χ1v) is 12.8. The lowest BCUT2D eigenvalue weighted by Gasteiger charge is -2.15.